The van der Waals surface area contributed by atoms with Crippen LogP contribution in [0, 0.1) is 23.3 Å². The van der Waals surface area contributed by atoms with E-state index in [1.807, 2.05) is 20.8 Å². The van der Waals surface area contributed by atoms with Gasteiger partial charge in [-0.25, -0.2) is 42.5 Å². The molecule has 0 aliphatic heterocycles. The Morgan fingerprint density at radius 1 is 0.600 bits per heavy atom. The molecule has 0 aliphatic rings. The number of nitrogens with one attached hydrogen (secondary N) is 3. The number of carbonyl (C=O) groups excluding carboxylic acids is 8. The van der Waals surface area contributed by atoms with E-state index in [0.717, 1.165) is 42.9 Å². The molecule has 6 aromatic rings. The average molecular weight is 1190 g/mol. The zero-order chi connectivity index (χ0) is 63.6. The largest absolute Gasteiger partial charge is 1.00 e. The molecule has 0 aliphatic carbocycles. The third-order valence-corrected chi connectivity index (χ3v) is 9.06. The summed E-state index contributed by atoms with van der Waals surface area (Å²) in [5.41, 5.74) is 13.0. The number of benzene rings is 1. The first-order valence-electron chi connectivity index (χ1n) is 24.4. The Balaban J connectivity index is 0. The number of aromatic amines is 2. The number of aryl methyl sites for hydroxylation is 2. The number of H-pyrrole nitrogens is 2. The molecule has 0 atom stereocenters. The van der Waals surface area contributed by atoms with Crippen molar-refractivity contribution in [3.63, 3.8) is 0 Å². The van der Waals surface area contributed by atoms with Crippen LogP contribution in [-0.2, 0) is 60.6 Å². The Morgan fingerprint density at radius 3 is 1.38 bits per heavy atom. The number of carboxylic acids is 1. The van der Waals surface area contributed by atoms with E-state index in [2.05, 4.69) is 40.2 Å². The molecular weight excluding hydrogens is 1130 g/mol. The standard InChI is InChI=1S/C14H18FN3O4.C14H16FN3O3.C10H8FN3O3.C7H7FN2O.C7H14O2.CO2.Li.H2O/c1-14(2,3)22-11(20)5-4-10(19)18-13-9(12(16)21)6-8(15)7-17-13;1-14(2,3)21-11(19)5-4-10-17-12-9(13(20)18-10)6-8(15)7-16-12;11-5-3-6-9(12-4-5)13-7(14-10(6)17)1-2-8(15)16;8-4-1-2-6(9)5(3-4)7(10)11;1-5-6(8)9-7(2,3)4;2-1-3;;/h6-7H,4-5H2,1-3H3,(H2,16,21)(H,17,18,19);6-7H,4-5H2,1-3H3,(H,16,17,18,20);3-4H,1-2H2,(H,15,16)(H,12,13,14,17);1-3H,9H2,(H2,10,11);5H2,1-4H3;;;1H2/q;;;;;;+1;/p-1. The number of rotatable bonds is 13. The maximum atomic E-state index is 13.0. The topological polar surface area (TPSA) is 452 Å². The monoisotopic (exact) mass is 1190 g/mol. The molecule has 0 fully saturated rings. The van der Waals surface area contributed by atoms with Gasteiger partial charge in [-0.1, -0.05) is 6.92 Å². The minimum absolute atomic E-state index is 0. The van der Waals surface area contributed by atoms with E-state index in [-0.39, 0.29) is 137 Å². The van der Waals surface area contributed by atoms with Gasteiger partial charge in [0.05, 0.1) is 59.8 Å². The summed E-state index contributed by atoms with van der Waals surface area (Å²) in [5.74, 6) is -6.33. The molecule has 1 aromatic carbocycles. The van der Waals surface area contributed by atoms with Gasteiger partial charge in [0.15, 0.2) is 11.3 Å². The second-order valence-electron chi connectivity index (χ2n) is 19.7. The van der Waals surface area contributed by atoms with E-state index in [1.165, 1.54) is 12.1 Å². The quantitative estimate of drug-likeness (QED) is 0.0286. The fourth-order valence-corrected chi connectivity index (χ4v) is 5.84. The summed E-state index contributed by atoms with van der Waals surface area (Å²) < 4.78 is 66.5. The molecule has 85 heavy (non-hydrogen) atoms. The molecule has 456 valence electrons. The Morgan fingerprint density at radius 2 is 0.988 bits per heavy atom. The maximum Gasteiger partial charge on any atom is 1.00 e. The minimum Gasteiger partial charge on any atom is -0.870 e. The number of esters is 3. The van der Waals surface area contributed by atoms with Gasteiger partial charge in [-0.05, 0) is 98.7 Å². The number of aromatic nitrogens is 7. The third-order valence-electron chi connectivity index (χ3n) is 9.06. The van der Waals surface area contributed by atoms with Crippen molar-refractivity contribution in [2.75, 3.05) is 11.1 Å². The molecule has 0 saturated heterocycles. The van der Waals surface area contributed by atoms with Crippen LogP contribution in [0.1, 0.15) is 134 Å². The molecule has 6 rings (SSSR count). The first-order valence-corrected chi connectivity index (χ1v) is 24.4. The van der Waals surface area contributed by atoms with Crippen LogP contribution in [0.4, 0.5) is 29.1 Å². The van der Waals surface area contributed by atoms with E-state index >= 15 is 0 Å². The summed E-state index contributed by atoms with van der Waals surface area (Å²) in [6.45, 7) is 17.8. The van der Waals surface area contributed by atoms with Gasteiger partial charge < -0.3 is 57.3 Å². The number of aliphatic carboxylic acids is 1. The zero-order valence-electron chi connectivity index (χ0n) is 48.2. The first-order chi connectivity index (χ1) is 38.4. The van der Waals surface area contributed by atoms with Crippen molar-refractivity contribution in [2.24, 2.45) is 11.5 Å². The van der Waals surface area contributed by atoms with E-state index in [4.69, 9.17) is 46.1 Å². The predicted octanol–water partition coefficient (Wildman–Crippen LogP) is 2.07. The van der Waals surface area contributed by atoms with Gasteiger partial charge in [-0.15, -0.1) is 0 Å². The van der Waals surface area contributed by atoms with E-state index < -0.39 is 75.2 Å². The number of nitrogens with zero attached hydrogens (tertiary/aromatic N) is 5. The van der Waals surface area contributed by atoms with Crippen molar-refractivity contribution in [3.05, 3.63) is 122 Å². The van der Waals surface area contributed by atoms with E-state index in [0.29, 0.717) is 12.2 Å². The average Bonchev–Trinajstić information content (AvgIpc) is 3.49. The Labute approximate surface area is 494 Å². The molecule has 27 nitrogen and oxygen atoms in total. The van der Waals surface area contributed by atoms with E-state index in [9.17, 15) is 60.7 Å². The number of hydrogen-bond acceptors (Lipinski definition) is 21. The Kier molecular flexibility index (Phi) is 33.2. The van der Waals surface area contributed by atoms with Crippen molar-refractivity contribution in [3.8, 4) is 0 Å². The number of halogens is 4. The summed E-state index contributed by atoms with van der Waals surface area (Å²) >= 11 is 0. The summed E-state index contributed by atoms with van der Waals surface area (Å²) in [7, 11) is 0. The number of fused-ring (bicyclic) bond motifs is 2. The molecule has 0 saturated carbocycles. The minimum atomic E-state index is -0.986. The summed E-state index contributed by atoms with van der Waals surface area (Å²) in [4.78, 5) is 141. The second-order valence-corrected chi connectivity index (χ2v) is 19.7. The fraction of sp³-hybridized carbons (Fsp3) is 0.377. The van der Waals surface area contributed by atoms with Gasteiger partial charge in [0, 0.05) is 31.4 Å². The van der Waals surface area contributed by atoms with Crippen molar-refractivity contribution in [1.29, 1.82) is 0 Å². The van der Waals surface area contributed by atoms with Crippen molar-refractivity contribution >= 4 is 81.3 Å². The van der Waals surface area contributed by atoms with Gasteiger partial charge in [-0.2, -0.15) is 9.59 Å². The number of nitrogen functional groups attached to an aromatic ring is 1. The number of nitrogens with two attached hydrogens (primary N) is 3. The molecule has 5 aromatic heterocycles. The summed E-state index contributed by atoms with van der Waals surface area (Å²) in [6, 6.07) is 6.47. The van der Waals surface area contributed by atoms with Crippen LogP contribution in [0.3, 0.4) is 0 Å². The molecule has 0 spiro atoms. The van der Waals surface area contributed by atoms with Gasteiger partial charge in [-0.3, -0.25) is 43.2 Å². The molecule has 0 bridgehead atoms. The van der Waals surface area contributed by atoms with Crippen LogP contribution in [0.15, 0.2) is 64.6 Å². The maximum absolute atomic E-state index is 13.0. The number of amides is 3. The number of carboxylic acid groups (broad SMARTS) is 1. The molecule has 5 heterocycles. The van der Waals surface area contributed by atoms with Crippen LogP contribution in [0.5, 0.6) is 0 Å². The van der Waals surface area contributed by atoms with Crippen LogP contribution in [-0.4, -0.2) is 110 Å². The van der Waals surface area contributed by atoms with Crippen LogP contribution in [0.2, 0.25) is 0 Å². The van der Waals surface area contributed by atoms with Crippen LogP contribution < -0.4 is 52.5 Å². The number of hydrogen-bond donors (Lipinski definition) is 7. The fourth-order valence-electron chi connectivity index (χ4n) is 5.84. The van der Waals surface area contributed by atoms with E-state index in [1.54, 1.807) is 48.5 Å². The summed E-state index contributed by atoms with van der Waals surface area (Å²) in [5, 5.41) is 10.9. The van der Waals surface area contributed by atoms with Gasteiger partial charge >= 0.3 is 48.9 Å². The van der Waals surface area contributed by atoms with Gasteiger partial charge in [0.2, 0.25) is 5.91 Å². The number of anilines is 2. The SMILES string of the molecule is CC(C)(C)OC(=O)CCC(=O)Nc1ncc(F)cc1C(N)=O.CC(C)(C)OC(=O)CCc1nc2ncc(F)cc2c(=O)[nH]1.CCC(=O)OC(C)(C)C.NC(=O)c1cc(F)ccc1N.O=C(O)CCc1nc2ncc(F)cc2c(=O)[nH]1.O=C=O.[Li+].[OH-]. The first kappa shape index (κ1) is 77.8. The second kappa shape index (κ2) is 36.3. The van der Waals surface area contributed by atoms with Gasteiger partial charge in [0.25, 0.3) is 22.9 Å². The number of ether oxygens (including phenoxy) is 3. The molecule has 32 heteroatoms. The van der Waals surface area contributed by atoms with Crippen LogP contribution in [0.25, 0.3) is 22.1 Å². The summed E-state index contributed by atoms with van der Waals surface area (Å²) in [6.07, 6.45) is 3.47. The Hall–Kier alpha value is -9.30. The number of pyridine rings is 3. The van der Waals surface area contributed by atoms with Gasteiger partial charge in [0.1, 0.15) is 57.5 Å². The normalized spacial score (nSPS) is 10.3. The zero-order valence-corrected chi connectivity index (χ0v) is 48.2. The van der Waals surface area contributed by atoms with Crippen LogP contribution >= 0.6 is 0 Å². The molecular formula is C53H64F4LiN11O16. The number of primary amides is 2. The number of carbonyl (C=O) groups is 7. The molecule has 3 amide bonds. The van der Waals surface area contributed by atoms with Crippen molar-refractivity contribution in [2.45, 2.75) is 131 Å². The van der Waals surface area contributed by atoms with Crippen molar-refractivity contribution in [1.82, 2.24) is 34.9 Å². The smallest absolute Gasteiger partial charge is 0.870 e. The van der Waals surface area contributed by atoms with Crippen molar-refractivity contribution < 1.29 is 104 Å². The predicted molar refractivity (Wildman–Crippen MR) is 289 cm³/mol. The third kappa shape index (κ3) is 32.2. The molecule has 11 N–H and O–H groups in total. The Bertz CT molecular complexity index is 3430. The molecule has 0 unspecified atom stereocenters. The molecule has 0 radical (unpaired) electrons.